The zero-order valence-electron chi connectivity index (χ0n) is 11.7. The molecule has 0 radical (unpaired) electrons. The van der Waals surface area contributed by atoms with E-state index in [0.717, 1.165) is 0 Å². The van der Waals surface area contributed by atoms with E-state index in [2.05, 4.69) is 16.0 Å². The number of aromatic nitrogens is 1. The predicted molar refractivity (Wildman–Crippen MR) is 69.1 cm³/mol. The highest BCUT2D eigenvalue weighted by molar-refractivity contribution is 6.00. The summed E-state index contributed by atoms with van der Waals surface area (Å²) in [4.78, 5) is 23.8. The van der Waals surface area contributed by atoms with Gasteiger partial charge in [0.25, 0.3) is 11.8 Å². The first-order valence-electron chi connectivity index (χ1n) is 6.00. The van der Waals surface area contributed by atoms with Gasteiger partial charge < -0.3 is 8.94 Å². The molecule has 2 amide bonds. The molecular formula is C13H15N3O4. The minimum Gasteiger partial charge on any atom is -0.466 e. The first-order valence-corrected chi connectivity index (χ1v) is 6.00. The molecule has 2 aromatic rings. The van der Waals surface area contributed by atoms with E-state index < -0.39 is 11.8 Å². The van der Waals surface area contributed by atoms with Gasteiger partial charge in [0, 0.05) is 0 Å². The number of carbonyl (C=O) groups excluding carboxylic acids is 2. The van der Waals surface area contributed by atoms with Crippen LogP contribution < -0.4 is 10.9 Å². The van der Waals surface area contributed by atoms with E-state index in [4.69, 9.17) is 8.94 Å². The number of aryl methyl sites for hydroxylation is 4. The van der Waals surface area contributed by atoms with Gasteiger partial charge in [-0.15, -0.1) is 0 Å². The van der Waals surface area contributed by atoms with Crippen LogP contribution in [0.4, 0.5) is 0 Å². The van der Waals surface area contributed by atoms with Crippen LogP contribution in [0.3, 0.4) is 0 Å². The molecule has 7 nitrogen and oxygen atoms in total. The van der Waals surface area contributed by atoms with Crippen molar-refractivity contribution in [1.29, 1.82) is 0 Å². The lowest BCUT2D eigenvalue weighted by molar-refractivity contribution is 0.0844. The number of carbonyl (C=O) groups is 2. The second kappa shape index (κ2) is 5.20. The van der Waals surface area contributed by atoms with Gasteiger partial charge in [-0.3, -0.25) is 20.4 Å². The van der Waals surface area contributed by atoms with Gasteiger partial charge in [0.2, 0.25) is 0 Å². The molecule has 0 fully saturated rings. The van der Waals surface area contributed by atoms with Crippen LogP contribution in [0, 0.1) is 27.7 Å². The number of rotatable bonds is 2. The highest BCUT2D eigenvalue weighted by Crippen LogP contribution is 2.13. The molecule has 2 aromatic heterocycles. The van der Waals surface area contributed by atoms with Crippen LogP contribution in [0.25, 0.3) is 0 Å². The molecule has 0 aliphatic rings. The van der Waals surface area contributed by atoms with E-state index in [1.807, 2.05) is 0 Å². The molecule has 20 heavy (non-hydrogen) atoms. The zero-order valence-corrected chi connectivity index (χ0v) is 11.7. The SMILES string of the molecule is Cc1cc(C(=O)NNC(=O)c2c(C)noc2C)c(C)o1. The third-order valence-electron chi connectivity index (χ3n) is 2.84. The Balaban J connectivity index is 2.04. The van der Waals surface area contributed by atoms with Gasteiger partial charge in [0.15, 0.2) is 0 Å². The molecule has 0 bridgehead atoms. The summed E-state index contributed by atoms with van der Waals surface area (Å²) in [5, 5.41) is 3.68. The molecule has 2 N–H and O–H groups in total. The van der Waals surface area contributed by atoms with Gasteiger partial charge in [-0.2, -0.15) is 0 Å². The van der Waals surface area contributed by atoms with E-state index in [1.54, 1.807) is 33.8 Å². The van der Waals surface area contributed by atoms with Crippen molar-refractivity contribution in [3.05, 3.63) is 40.2 Å². The Morgan fingerprint density at radius 1 is 1.05 bits per heavy atom. The molecule has 2 rings (SSSR count). The third kappa shape index (κ3) is 2.56. The Morgan fingerprint density at radius 3 is 2.20 bits per heavy atom. The van der Waals surface area contributed by atoms with Gasteiger partial charge in [0.1, 0.15) is 22.8 Å². The average molecular weight is 277 g/mol. The molecular weight excluding hydrogens is 262 g/mol. The number of furan rings is 1. The van der Waals surface area contributed by atoms with Crippen molar-refractivity contribution >= 4 is 11.8 Å². The molecule has 0 aromatic carbocycles. The van der Waals surface area contributed by atoms with Crippen LogP contribution >= 0.6 is 0 Å². The molecule has 0 saturated carbocycles. The predicted octanol–water partition coefficient (Wildman–Crippen LogP) is 1.58. The van der Waals surface area contributed by atoms with Crippen LogP contribution in [-0.4, -0.2) is 17.0 Å². The highest BCUT2D eigenvalue weighted by Gasteiger charge is 2.19. The first kappa shape index (κ1) is 13.9. The Labute approximate surface area is 115 Å². The summed E-state index contributed by atoms with van der Waals surface area (Å²) in [6, 6.07) is 1.60. The van der Waals surface area contributed by atoms with Crippen LogP contribution in [0.2, 0.25) is 0 Å². The molecule has 0 saturated heterocycles. The number of hydrogen-bond donors (Lipinski definition) is 2. The Kier molecular flexibility index (Phi) is 3.60. The maximum atomic E-state index is 11.9. The van der Waals surface area contributed by atoms with Gasteiger partial charge in [-0.1, -0.05) is 5.16 Å². The monoisotopic (exact) mass is 277 g/mol. The van der Waals surface area contributed by atoms with Crippen molar-refractivity contribution in [3.8, 4) is 0 Å². The van der Waals surface area contributed by atoms with E-state index >= 15 is 0 Å². The summed E-state index contributed by atoms with van der Waals surface area (Å²) in [7, 11) is 0. The van der Waals surface area contributed by atoms with Crippen LogP contribution in [0.1, 0.15) is 43.7 Å². The molecule has 0 unspecified atom stereocenters. The summed E-state index contributed by atoms with van der Waals surface area (Å²) in [6.45, 7) is 6.70. The summed E-state index contributed by atoms with van der Waals surface area (Å²) < 4.78 is 10.1. The standard InChI is InChI=1S/C13H15N3O4/c1-6-5-10(8(3)19-6)12(17)14-15-13(18)11-7(2)16-20-9(11)4/h5H,1-4H3,(H,14,17)(H,15,18). The van der Waals surface area contributed by atoms with Gasteiger partial charge >= 0.3 is 0 Å². The molecule has 7 heteroatoms. The second-order valence-electron chi connectivity index (χ2n) is 4.43. The average Bonchev–Trinajstić information content (AvgIpc) is 2.89. The minimum absolute atomic E-state index is 0.311. The first-order chi connectivity index (χ1) is 9.40. The number of nitrogens with one attached hydrogen (secondary N) is 2. The fraction of sp³-hybridized carbons (Fsp3) is 0.308. The molecule has 2 heterocycles. The Bertz CT molecular complexity index is 650. The number of hydrogen-bond acceptors (Lipinski definition) is 5. The van der Waals surface area contributed by atoms with E-state index in [-0.39, 0.29) is 0 Å². The van der Waals surface area contributed by atoms with Gasteiger partial charge in [-0.25, -0.2) is 0 Å². The smallest absolute Gasteiger partial charge is 0.275 e. The fourth-order valence-electron chi connectivity index (χ4n) is 1.91. The number of nitrogens with zero attached hydrogens (tertiary/aromatic N) is 1. The van der Waals surface area contributed by atoms with E-state index in [9.17, 15) is 9.59 Å². The van der Waals surface area contributed by atoms with Crippen molar-refractivity contribution in [3.63, 3.8) is 0 Å². The summed E-state index contributed by atoms with van der Waals surface area (Å²) in [5.41, 5.74) is 5.80. The molecule has 0 aliphatic heterocycles. The summed E-state index contributed by atoms with van der Waals surface area (Å²) >= 11 is 0. The van der Waals surface area contributed by atoms with Crippen molar-refractivity contribution in [2.24, 2.45) is 0 Å². The van der Waals surface area contributed by atoms with Crippen LogP contribution in [-0.2, 0) is 0 Å². The lowest BCUT2D eigenvalue weighted by atomic mass is 10.2. The van der Waals surface area contributed by atoms with Crippen LogP contribution in [0.15, 0.2) is 15.0 Å². The summed E-state index contributed by atoms with van der Waals surface area (Å²) in [6.07, 6.45) is 0. The quantitative estimate of drug-likeness (QED) is 0.812. The van der Waals surface area contributed by atoms with Crippen molar-refractivity contribution in [1.82, 2.24) is 16.0 Å². The normalized spacial score (nSPS) is 10.4. The third-order valence-corrected chi connectivity index (χ3v) is 2.84. The molecule has 0 atom stereocenters. The lowest BCUT2D eigenvalue weighted by Gasteiger charge is -2.06. The largest absolute Gasteiger partial charge is 0.466 e. The van der Waals surface area contributed by atoms with E-state index in [1.165, 1.54) is 0 Å². The summed E-state index contributed by atoms with van der Waals surface area (Å²) in [5.74, 6) is 0.591. The minimum atomic E-state index is -0.479. The van der Waals surface area contributed by atoms with Gasteiger partial charge in [0.05, 0.1) is 11.3 Å². The zero-order chi connectivity index (χ0) is 14.9. The lowest BCUT2D eigenvalue weighted by Crippen LogP contribution is -2.42. The Hall–Kier alpha value is -2.57. The number of hydrazine groups is 1. The second-order valence-corrected chi connectivity index (χ2v) is 4.43. The van der Waals surface area contributed by atoms with Gasteiger partial charge in [-0.05, 0) is 33.8 Å². The maximum Gasteiger partial charge on any atom is 0.275 e. The highest BCUT2D eigenvalue weighted by atomic mass is 16.5. The van der Waals surface area contributed by atoms with Crippen molar-refractivity contribution in [2.75, 3.05) is 0 Å². The van der Waals surface area contributed by atoms with Crippen molar-refractivity contribution in [2.45, 2.75) is 27.7 Å². The molecule has 0 aliphatic carbocycles. The topological polar surface area (TPSA) is 97.4 Å². The van der Waals surface area contributed by atoms with Crippen molar-refractivity contribution < 1.29 is 18.5 Å². The Morgan fingerprint density at radius 2 is 1.70 bits per heavy atom. The fourth-order valence-corrected chi connectivity index (χ4v) is 1.91. The maximum absolute atomic E-state index is 11.9. The van der Waals surface area contributed by atoms with Crippen LogP contribution in [0.5, 0.6) is 0 Å². The number of amides is 2. The molecule has 0 spiro atoms. The van der Waals surface area contributed by atoms with E-state index in [0.29, 0.717) is 34.1 Å². The molecule has 106 valence electrons.